The van der Waals surface area contributed by atoms with Gasteiger partial charge in [0.05, 0.1) is 6.54 Å². The normalized spacial score (nSPS) is 20.4. The molecule has 1 aliphatic heterocycles. The fourth-order valence-corrected chi connectivity index (χ4v) is 1.40. The summed E-state index contributed by atoms with van der Waals surface area (Å²) >= 11 is 0. The standard InChI is InChI=1S/C9H13F2NO3/c1-8(2,7(14)15)6(13)12-4-3-9(10,11)5-12/h3-5H2,1-2H3,(H,14,15). The molecular formula is C9H13F2NO3. The highest BCUT2D eigenvalue weighted by Crippen LogP contribution is 2.30. The van der Waals surface area contributed by atoms with Crippen LogP contribution in [0.4, 0.5) is 8.78 Å². The summed E-state index contributed by atoms with van der Waals surface area (Å²) in [6.45, 7) is 1.67. The number of nitrogens with zero attached hydrogens (tertiary/aromatic N) is 1. The number of alkyl halides is 2. The minimum atomic E-state index is -2.88. The van der Waals surface area contributed by atoms with Gasteiger partial charge in [0.25, 0.3) is 5.92 Å². The van der Waals surface area contributed by atoms with Gasteiger partial charge in [-0.25, -0.2) is 8.78 Å². The lowest BCUT2D eigenvalue weighted by molar-refractivity contribution is -0.158. The van der Waals surface area contributed by atoms with Crippen molar-refractivity contribution >= 4 is 11.9 Å². The first-order valence-corrected chi connectivity index (χ1v) is 4.57. The molecule has 0 radical (unpaired) electrons. The van der Waals surface area contributed by atoms with Crippen LogP contribution in [0, 0.1) is 5.41 Å². The van der Waals surface area contributed by atoms with E-state index in [0.29, 0.717) is 0 Å². The van der Waals surface area contributed by atoms with Gasteiger partial charge in [0.15, 0.2) is 0 Å². The van der Waals surface area contributed by atoms with Crippen molar-refractivity contribution in [2.45, 2.75) is 26.2 Å². The number of carbonyl (C=O) groups excluding carboxylic acids is 1. The Morgan fingerprint density at radius 2 is 1.93 bits per heavy atom. The summed E-state index contributed by atoms with van der Waals surface area (Å²) in [5.74, 6) is -4.94. The van der Waals surface area contributed by atoms with Gasteiger partial charge in [0.1, 0.15) is 5.41 Å². The Bertz CT molecular complexity index is 302. The number of hydrogen-bond acceptors (Lipinski definition) is 2. The topological polar surface area (TPSA) is 57.6 Å². The van der Waals surface area contributed by atoms with Crippen molar-refractivity contribution < 1.29 is 23.5 Å². The zero-order valence-electron chi connectivity index (χ0n) is 8.59. The van der Waals surface area contributed by atoms with Crippen LogP contribution in [-0.4, -0.2) is 40.9 Å². The highest BCUT2D eigenvalue weighted by atomic mass is 19.3. The van der Waals surface area contributed by atoms with Crippen LogP contribution in [0.3, 0.4) is 0 Å². The first kappa shape index (κ1) is 11.9. The zero-order valence-corrected chi connectivity index (χ0v) is 8.59. The molecule has 0 unspecified atom stereocenters. The Labute approximate surface area is 85.9 Å². The molecule has 0 spiro atoms. The first-order valence-electron chi connectivity index (χ1n) is 4.57. The maximum Gasteiger partial charge on any atom is 0.318 e. The van der Waals surface area contributed by atoms with E-state index in [2.05, 4.69) is 0 Å². The molecule has 1 amide bonds. The molecule has 0 aliphatic carbocycles. The van der Waals surface area contributed by atoms with E-state index in [9.17, 15) is 18.4 Å². The van der Waals surface area contributed by atoms with Crippen LogP contribution in [-0.2, 0) is 9.59 Å². The second-order valence-electron chi connectivity index (χ2n) is 4.26. The van der Waals surface area contributed by atoms with E-state index in [-0.39, 0.29) is 6.54 Å². The number of amides is 1. The van der Waals surface area contributed by atoms with Crippen LogP contribution in [0.25, 0.3) is 0 Å². The number of carbonyl (C=O) groups is 2. The molecule has 0 aromatic carbocycles. The van der Waals surface area contributed by atoms with Crippen molar-refractivity contribution in [3.63, 3.8) is 0 Å². The van der Waals surface area contributed by atoms with E-state index in [0.717, 1.165) is 4.90 Å². The summed E-state index contributed by atoms with van der Waals surface area (Å²) in [5, 5.41) is 8.77. The smallest absolute Gasteiger partial charge is 0.318 e. The number of carboxylic acids is 1. The maximum atomic E-state index is 12.8. The minimum Gasteiger partial charge on any atom is -0.480 e. The van der Waals surface area contributed by atoms with Gasteiger partial charge in [0, 0.05) is 13.0 Å². The van der Waals surface area contributed by atoms with Crippen molar-refractivity contribution in [2.24, 2.45) is 5.41 Å². The first-order chi connectivity index (χ1) is 6.67. The molecular weight excluding hydrogens is 208 g/mol. The quantitative estimate of drug-likeness (QED) is 0.707. The number of carboxylic acid groups (broad SMARTS) is 1. The average molecular weight is 221 g/mol. The largest absolute Gasteiger partial charge is 0.480 e. The van der Waals surface area contributed by atoms with Crippen molar-refractivity contribution in [1.82, 2.24) is 4.90 Å². The molecule has 15 heavy (non-hydrogen) atoms. The average Bonchev–Trinajstić information content (AvgIpc) is 2.44. The summed E-state index contributed by atoms with van der Waals surface area (Å²) in [5.41, 5.74) is -1.64. The Balaban J connectivity index is 2.75. The molecule has 1 heterocycles. The van der Waals surface area contributed by atoms with Crippen molar-refractivity contribution in [3.05, 3.63) is 0 Å². The second kappa shape index (κ2) is 3.43. The van der Waals surface area contributed by atoms with E-state index in [1.54, 1.807) is 0 Å². The fourth-order valence-electron chi connectivity index (χ4n) is 1.40. The molecule has 0 aromatic rings. The molecule has 1 N–H and O–H groups in total. The third-order valence-electron chi connectivity index (χ3n) is 2.53. The zero-order chi connectivity index (χ0) is 11.9. The van der Waals surface area contributed by atoms with Crippen molar-refractivity contribution in [3.8, 4) is 0 Å². The van der Waals surface area contributed by atoms with Gasteiger partial charge >= 0.3 is 5.97 Å². The summed E-state index contributed by atoms with van der Waals surface area (Å²) in [6, 6.07) is 0. The van der Waals surface area contributed by atoms with Gasteiger partial charge in [-0.3, -0.25) is 9.59 Å². The molecule has 86 valence electrons. The molecule has 0 atom stereocenters. The summed E-state index contributed by atoms with van der Waals surface area (Å²) < 4.78 is 25.6. The highest BCUT2D eigenvalue weighted by molar-refractivity contribution is 6.01. The van der Waals surface area contributed by atoms with Crippen LogP contribution >= 0.6 is 0 Å². The number of rotatable bonds is 2. The number of hydrogen-bond donors (Lipinski definition) is 1. The van der Waals surface area contributed by atoms with E-state index >= 15 is 0 Å². The van der Waals surface area contributed by atoms with Gasteiger partial charge in [0.2, 0.25) is 5.91 Å². The van der Waals surface area contributed by atoms with Crippen LogP contribution in [0.15, 0.2) is 0 Å². The van der Waals surface area contributed by atoms with E-state index in [1.807, 2.05) is 0 Å². The number of halogens is 2. The highest BCUT2D eigenvalue weighted by Gasteiger charge is 2.46. The Kier molecular flexibility index (Phi) is 2.71. The van der Waals surface area contributed by atoms with E-state index in [4.69, 9.17) is 5.11 Å². The molecule has 1 aliphatic rings. The molecule has 0 saturated carbocycles. The van der Waals surface area contributed by atoms with Gasteiger partial charge < -0.3 is 10.0 Å². The van der Waals surface area contributed by atoms with E-state index in [1.165, 1.54) is 13.8 Å². The van der Waals surface area contributed by atoms with Crippen molar-refractivity contribution in [2.75, 3.05) is 13.1 Å². The molecule has 0 bridgehead atoms. The van der Waals surface area contributed by atoms with Crippen LogP contribution in [0.5, 0.6) is 0 Å². The SMILES string of the molecule is CC(C)(C(=O)O)C(=O)N1CCC(F)(F)C1. The van der Waals surface area contributed by atoms with Gasteiger partial charge in [-0.05, 0) is 13.8 Å². The lowest BCUT2D eigenvalue weighted by Gasteiger charge is -2.25. The molecule has 0 aromatic heterocycles. The van der Waals surface area contributed by atoms with Gasteiger partial charge in [-0.2, -0.15) is 0 Å². The predicted octanol–water partition coefficient (Wildman–Crippen LogP) is 0.965. The lowest BCUT2D eigenvalue weighted by Crippen LogP contribution is -2.44. The summed E-state index contributed by atoms with van der Waals surface area (Å²) in [6.07, 6.45) is -0.394. The Morgan fingerprint density at radius 3 is 2.27 bits per heavy atom. The van der Waals surface area contributed by atoms with Gasteiger partial charge in [-0.15, -0.1) is 0 Å². The number of likely N-dealkylation sites (tertiary alicyclic amines) is 1. The number of aliphatic carboxylic acids is 1. The third-order valence-corrected chi connectivity index (χ3v) is 2.53. The van der Waals surface area contributed by atoms with E-state index < -0.39 is 36.2 Å². The second-order valence-corrected chi connectivity index (χ2v) is 4.26. The Morgan fingerprint density at radius 1 is 1.40 bits per heavy atom. The molecule has 1 rings (SSSR count). The monoisotopic (exact) mass is 221 g/mol. The third kappa shape index (κ3) is 2.24. The van der Waals surface area contributed by atoms with Crippen LogP contribution in [0.1, 0.15) is 20.3 Å². The van der Waals surface area contributed by atoms with Gasteiger partial charge in [-0.1, -0.05) is 0 Å². The van der Waals surface area contributed by atoms with Crippen LogP contribution < -0.4 is 0 Å². The Hall–Kier alpha value is -1.20. The summed E-state index contributed by atoms with van der Waals surface area (Å²) in [7, 11) is 0. The van der Waals surface area contributed by atoms with Crippen LogP contribution in [0.2, 0.25) is 0 Å². The predicted molar refractivity (Wildman–Crippen MR) is 47.6 cm³/mol. The minimum absolute atomic E-state index is 0.0808. The molecule has 6 heteroatoms. The van der Waals surface area contributed by atoms with Crippen molar-refractivity contribution in [1.29, 1.82) is 0 Å². The summed E-state index contributed by atoms with van der Waals surface area (Å²) in [4.78, 5) is 23.3. The molecule has 4 nitrogen and oxygen atoms in total. The lowest BCUT2D eigenvalue weighted by atomic mass is 9.92. The molecule has 1 saturated heterocycles. The maximum absolute atomic E-state index is 12.8. The molecule has 1 fully saturated rings. The fraction of sp³-hybridized carbons (Fsp3) is 0.778.